The summed E-state index contributed by atoms with van der Waals surface area (Å²) in [6.07, 6.45) is 2.97. The van der Waals surface area contributed by atoms with E-state index in [1.807, 2.05) is 6.92 Å². The van der Waals surface area contributed by atoms with Crippen LogP contribution in [0.15, 0.2) is 12.5 Å². The van der Waals surface area contributed by atoms with E-state index < -0.39 is 0 Å². The maximum atomic E-state index is 11.4. The van der Waals surface area contributed by atoms with E-state index >= 15 is 0 Å². The van der Waals surface area contributed by atoms with Crippen molar-refractivity contribution in [2.24, 2.45) is 0 Å². The van der Waals surface area contributed by atoms with Crippen LogP contribution in [0.4, 0.5) is 0 Å². The number of H-pyrrole nitrogens is 2. The first-order valence-electron chi connectivity index (χ1n) is 4.40. The SMILES string of the molecule is Cc1[nH]ncc1CNC(=O)c1ncn[nH]1. The molecule has 0 aliphatic carbocycles. The van der Waals surface area contributed by atoms with Gasteiger partial charge in [0.1, 0.15) is 6.33 Å². The van der Waals surface area contributed by atoms with E-state index in [2.05, 4.69) is 30.7 Å². The van der Waals surface area contributed by atoms with Crippen molar-refractivity contribution in [3.8, 4) is 0 Å². The number of aromatic amines is 2. The number of rotatable bonds is 3. The van der Waals surface area contributed by atoms with E-state index in [0.29, 0.717) is 6.54 Å². The van der Waals surface area contributed by atoms with Crippen molar-refractivity contribution in [2.45, 2.75) is 13.5 Å². The largest absolute Gasteiger partial charge is 0.345 e. The van der Waals surface area contributed by atoms with Crippen LogP contribution in [0, 0.1) is 6.92 Å². The number of nitrogens with zero attached hydrogens (tertiary/aromatic N) is 3. The highest BCUT2D eigenvalue weighted by Crippen LogP contribution is 2.01. The van der Waals surface area contributed by atoms with Gasteiger partial charge in [-0.3, -0.25) is 15.0 Å². The standard InChI is InChI=1S/C8H10N6O/c1-5-6(3-11-13-5)2-9-8(15)7-10-4-12-14-7/h3-4H,2H2,1H3,(H,9,15)(H,11,13)(H,10,12,14). The molecular weight excluding hydrogens is 196 g/mol. The summed E-state index contributed by atoms with van der Waals surface area (Å²) in [6, 6.07) is 0. The number of carbonyl (C=O) groups is 1. The molecule has 2 aromatic rings. The number of aromatic nitrogens is 5. The first kappa shape index (κ1) is 9.38. The third kappa shape index (κ3) is 2.01. The molecule has 78 valence electrons. The number of hydrogen-bond donors (Lipinski definition) is 3. The second-order valence-electron chi connectivity index (χ2n) is 3.04. The lowest BCUT2D eigenvalue weighted by Gasteiger charge is -2.00. The fourth-order valence-corrected chi connectivity index (χ4v) is 1.13. The van der Waals surface area contributed by atoms with Gasteiger partial charge in [0.05, 0.1) is 6.20 Å². The van der Waals surface area contributed by atoms with Crippen LogP contribution in [-0.2, 0) is 6.54 Å². The quantitative estimate of drug-likeness (QED) is 0.645. The van der Waals surface area contributed by atoms with Crippen LogP contribution in [0.1, 0.15) is 21.9 Å². The predicted molar refractivity (Wildman–Crippen MR) is 50.9 cm³/mol. The molecule has 0 fully saturated rings. The van der Waals surface area contributed by atoms with Crippen molar-refractivity contribution in [1.29, 1.82) is 0 Å². The zero-order valence-corrected chi connectivity index (χ0v) is 8.11. The first-order valence-corrected chi connectivity index (χ1v) is 4.40. The average Bonchev–Trinajstić information content (AvgIpc) is 2.85. The number of amides is 1. The molecule has 0 aliphatic rings. The molecule has 0 saturated carbocycles. The second kappa shape index (κ2) is 3.91. The zero-order valence-electron chi connectivity index (χ0n) is 8.11. The monoisotopic (exact) mass is 206 g/mol. The molecule has 7 heteroatoms. The Balaban J connectivity index is 1.95. The van der Waals surface area contributed by atoms with Crippen molar-refractivity contribution >= 4 is 5.91 Å². The van der Waals surface area contributed by atoms with E-state index in [0.717, 1.165) is 11.3 Å². The Labute approximate surface area is 85.3 Å². The highest BCUT2D eigenvalue weighted by Gasteiger charge is 2.08. The van der Waals surface area contributed by atoms with Crippen molar-refractivity contribution in [3.05, 3.63) is 29.6 Å². The minimum absolute atomic E-state index is 0.205. The molecule has 2 aromatic heterocycles. The van der Waals surface area contributed by atoms with Gasteiger partial charge in [-0.05, 0) is 6.92 Å². The molecule has 2 rings (SSSR count). The Kier molecular flexibility index (Phi) is 2.44. The zero-order chi connectivity index (χ0) is 10.7. The Morgan fingerprint density at radius 3 is 2.93 bits per heavy atom. The maximum absolute atomic E-state index is 11.4. The fourth-order valence-electron chi connectivity index (χ4n) is 1.13. The van der Waals surface area contributed by atoms with Crippen LogP contribution >= 0.6 is 0 Å². The molecule has 7 nitrogen and oxygen atoms in total. The number of carbonyl (C=O) groups excluding carboxylic acids is 1. The topological polar surface area (TPSA) is 99.3 Å². The van der Waals surface area contributed by atoms with E-state index in [1.165, 1.54) is 6.33 Å². The van der Waals surface area contributed by atoms with Gasteiger partial charge in [-0.2, -0.15) is 10.2 Å². The van der Waals surface area contributed by atoms with Crippen LogP contribution < -0.4 is 5.32 Å². The van der Waals surface area contributed by atoms with Crippen molar-refractivity contribution < 1.29 is 4.79 Å². The maximum Gasteiger partial charge on any atom is 0.288 e. The molecule has 0 aromatic carbocycles. The molecule has 0 unspecified atom stereocenters. The summed E-state index contributed by atoms with van der Waals surface area (Å²) in [7, 11) is 0. The van der Waals surface area contributed by atoms with Gasteiger partial charge in [0.25, 0.3) is 5.91 Å². The molecule has 0 spiro atoms. The summed E-state index contributed by atoms with van der Waals surface area (Å²) in [5.74, 6) is -0.0794. The van der Waals surface area contributed by atoms with Crippen LogP contribution in [0.5, 0.6) is 0 Å². The molecule has 0 aliphatic heterocycles. The first-order chi connectivity index (χ1) is 7.27. The lowest BCUT2D eigenvalue weighted by Crippen LogP contribution is -2.24. The summed E-state index contributed by atoms with van der Waals surface area (Å²) in [5, 5.41) is 15.4. The highest BCUT2D eigenvalue weighted by atomic mass is 16.2. The molecule has 0 radical (unpaired) electrons. The Hall–Kier alpha value is -2.18. The van der Waals surface area contributed by atoms with Crippen molar-refractivity contribution in [1.82, 2.24) is 30.7 Å². The minimum Gasteiger partial charge on any atom is -0.345 e. The molecule has 15 heavy (non-hydrogen) atoms. The van der Waals surface area contributed by atoms with Gasteiger partial charge < -0.3 is 5.32 Å². The number of aryl methyl sites for hydroxylation is 1. The van der Waals surface area contributed by atoms with Crippen LogP contribution in [0.3, 0.4) is 0 Å². The van der Waals surface area contributed by atoms with Gasteiger partial charge in [-0.15, -0.1) is 0 Å². The summed E-state index contributed by atoms with van der Waals surface area (Å²) >= 11 is 0. The molecule has 3 N–H and O–H groups in total. The minimum atomic E-state index is -0.284. The van der Waals surface area contributed by atoms with Crippen LogP contribution in [-0.4, -0.2) is 31.3 Å². The van der Waals surface area contributed by atoms with E-state index in [9.17, 15) is 4.79 Å². The van der Waals surface area contributed by atoms with Gasteiger partial charge in [0.2, 0.25) is 5.82 Å². The fraction of sp³-hybridized carbons (Fsp3) is 0.250. The highest BCUT2D eigenvalue weighted by molar-refractivity contribution is 5.90. The van der Waals surface area contributed by atoms with Gasteiger partial charge in [0, 0.05) is 17.8 Å². The molecule has 0 bridgehead atoms. The van der Waals surface area contributed by atoms with Crippen molar-refractivity contribution in [3.63, 3.8) is 0 Å². The molecule has 0 atom stereocenters. The summed E-state index contributed by atoms with van der Waals surface area (Å²) in [4.78, 5) is 15.2. The smallest absolute Gasteiger partial charge is 0.288 e. The van der Waals surface area contributed by atoms with E-state index in [-0.39, 0.29) is 11.7 Å². The molecule has 2 heterocycles. The van der Waals surface area contributed by atoms with Crippen LogP contribution in [0.2, 0.25) is 0 Å². The third-order valence-corrected chi connectivity index (χ3v) is 2.00. The van der Waals surface area contributed by atoms with Gasteiger partial charge in [-0.25, -0.2) is 4.98 Å². The summed E-state index contributed by atoms with van der Waals surface area (Å²) < 4.78 is 0. The van der Waals surface area contributed by atoms with Crippen molar-refractivity contribution in [2.75, 3.05) is 0 Å². The van der Waals surface area contributed by atoms with E-state index in [1.54, 1.807) is 6.20 Å². The Morgan fingerprint density at radius 2 is 2.33 bits per heavy atom. The molecule has 1 amide bonds. The number of nitrogens with one attached hydrogen (secondary N) is 3. The number of hydrogen-bond acceptors (Lipinski definition) is 4. The van der Waals surface area contributed by atoms with Crippen LogP contribution in [0.25, 0.3) is 0 Å². The van der Waals surface area contributed by atoms with Gasteiger partial charge >= 0.3 is 0 Å². The Morgan fingerprint density at radius 1 is 1.47 bits per heavy atom. The third-order valence-electron chi connectivity index (χ3n) is 2.00. The normalized spacial score (nSPS) is 10.2. The lowest BCUT2D eigenvalue weighted by molar-refractivity contribution is 0.0941. The summed E-state index contributed by atoms with van der Waals surface area (Å²) in [5.41, 5.74) is 1.88. The molecular formula is C8H10N6O. The Bertz CT molecular complexity index is 445. The van der Waals surface area contributed by atoms with Gasteiger partial charge in [-0.1, -0.05) is 0 Å². The summed E-state index contributed by atoms with van der Waals surface area (Å²) in [6.45, 7) is 2.31. The second-order valence-corrected chi connectivity index (χ2v) is 3.04. The molecule has 0 saturated heterocycles. The average molecular weight is 206 g/mol. The lowest BCUT2D eigenvalue weighted by atomic mass is 10.2. The predicted octanol–water partition coefficient (Wildman–Crippen LogP) is -0.234. The van der Waals surface area contributed by atoms with Gasteiger partial charge in [0.15, 0.2) is 0 Å². The van der Waals surface area contributed by atoms with E-state index in [4.69, 9.17) is 0 Å².